The van der Waals surface area contributed by atoms with E-state index in [4.69, 9.17) is 10.5 Å². The molecule has 0 aromatic carbocycles. The molecule has 0 bridgehead atoms. The largest absolute Gasteiger partial charge is 0.466 e. The molecule has 0 aromatic heterocycles. The molecule has 2 amide bonds. The Bertz CT molecular complexity index is 339. The van der Waals surface area contributed by atoms with E-state index in [0.717, 1.165) is 12.8 Å². The fraction of sp³-hybridized carbons (Fsp3) is 0.750. The van der Waals surface area contributed by atoms with Gasteiger partial charge in [0.1, 0.15) is 6.04 Å². The van der Waals surface area contributed by atoms with E-state index in [1.54, 1.807) is 13.8 Å². The molecule has 6 heteroatoms. The van der Waals surface area contributed by atoms with Gasteiger partial charge in [0, 0.05) is 5.92 Å². The monoisotopic (exact) mass is 256 g/mol. The zero-order valence-electron chi connectivity index (χ0n) is 10.8. The number of ether oxygens (including phenoxy) is 1. The van der Waals surface area contributed by atoms with Crippen LogP contribution in [0.2, 0.25) is 0 Å². The summed E-state index contributed by atoms with van der Waals surface area (Å²) in [5.74, 6) is -1.54. The average molecular weight is 256 g/mol. The molecule has 1 saturated carbocycles. The Morgan fingerprint density at radius 1 is 1.39 bits per heavy atom. The maximum absolute atomic E-state index is 11.6. The van der Waals surface area contributed by atoms with Crippen molar-refractivity contribution in [3.63, 3.8) is 0 Å². The van der Waals surface area contributed by atoms with Crippen LogP contribution in [0.5, 0.6) is 0 Å². The quantitative estimate of drug-likeness (QED) is 0.624. The van der Waals surface area contributed by atoms with E-state index in [1.165, 1.54) is 0 Å². The van der Waals surface area contributed by atoms with Crippen molar-refractivity contribution in [3.05, 3.63) is 0 Å². The highest BCUT2D eigenvalue weighted by Gasteiger charge is 2.34. The van der Waals surface area contributed by atoms with Gasteiger partial charge < -0.3 is 15.8 Å². The first-order chi connectivity index (χ1) is 8.45. The van der Waals surface area contributed by atoms with E-state index in [1.807, 2.05) is 0 Å². The van der Waals surface area contributed by atoms with Gasteiger partial charge in [-0.2, -0.15) is 0 Å². The summed E-state index contributed by atoms with van der Waals surface area (Å²) in [7, 11) is 0. The summed E-state index contributed by atoms with van der Waals surface area (Å²) in [4.78, 5) is 34.2. The van der Waals surface area contributed by atoms with Crippen LogP contribution in [0.15, 0.2) is 0 Å². The van der Waals surface area contributed by atoms with Crippen molar-refractivity contribution in [2.45, 2.75) is 39.2 Å². The van der Waals surface area contributed by atoms with Crippen molar-refractivity contribution in [2.75, 3.05) is 6.61 Å². The minimum absolute atomic E-state index is 0.00152. The maximum Gasteiger partial charge on any atom is 0.306 e. The smallest absolute Gasteiger partial charge is 0.306 e. The van der Waals surface area contributed by atoms with Crippen molar-refractivity contribution in [2.24, 2.45) is 17.6 Å². The van der Waals surface area contributed by atoms with Crippen molar-refractivity contribution in [3.8, 4) is 0 Å². The molecule has 18 heavy (non-hydrogen) atoms. The molecule has 3 N–H and O–H groups in total. The summed E-state index contributed by atoms with van der Waals surface area (Å²) in [5.41, 5.74) is 5.25. The zero-order chi connectivity index (χ0) is 13.7. The number of carbonyl (C=O) groups is 3. The Morgan fingerprint density at radius 2 is 2.00 bits per heavy atom. The third kappa shape index (κ3) is 4.35. The normalized spacial score (nSPS) is 17.7. The second kappa shape index (κ2) is 6.37. The van der Waals surface area contributed by atoms with Crippen LogP contribution in [-0.4, -0.2) is 30.4 Å². The number of carbonyl (C=O) groups excluding carboxylic acids is 3. The van der Waals surface area contributed by atoms with Gasteiger partial charge in [0.15, 0.2) is 0 Å². The van der Waals surface area contributed by atoms with Crippen molar-refractivity contribution in [1.82, 2.24) is 5.32 Å². The van der Waals surface area contributed by atoms with Gasteiger partial charge in [0.05, 0.1) is 13.0 Å². The van der Waals surface area contributed by atoms with E-state index in [0.29, 0.717) is 6.61 Å². The van der Waals surface area contributed by atoms with Crippen molar-refractivity contribution >= 4 is 17.8 Å². The van der Waals surface area contributed by atoms with E-state index in [-0.39, 0.29) is 24.2 Å². The highest BCUT2D eigenvalue weighted by Crippen LogP contribution is 2.29. The van der Waals surface area contributed by atoms with Crippen LogP contribution in [0.25, 0.3) is 0 Å². The third-order valence-electron chi connectivity index (χ3n) is 2.92. The van der Waals surface area contributed by atoms with Gasteiger partial charge >= 0.3 is 5.97 Å². The van der Waals surface area contributed by atoms with Crippen LogP contribution in [0.3, 0.4) is 0 Å². The third-order valence-corrected chi connectivity index (χ3v) is 2.92. The number of nitrogens with two attached hydrogens (primary N) is 1. The first-order valence-corrected chi connectivity index (χ1v) is 6.21. The molecule has 1 aliphatic rings. The average Bonchev–Trinajstić information content (AvgIpc) is 3.08. The van der Waals surface area contributed by atoms with Crippen LogP contribution >= 0.6 is 0 Å². The molecule has 0 saturated heterocycles. The van der Waals surface area contributed by atoms with Gasteiger partial charge in [0.25, 0.3) is 0 Å². The SMILES string of the molecule is CCOC(=O)C[C@@H](C)[C@@H](NC(=O)C1CC1)C(N)=O. The molecular weight excluding hydrogens is 236 g/mol. The summed E-state index contributed by atoms with van der Waals surface area (Å²) < 4.78 is 4.80. The highest BCUT2D eigenvalue weighted by atomic mass is 16.5. The first-order valence-electron chi connectivity index (χ1n) is 6.21. The van der Waals surface area contributed by atoms with E-state index in [2.05, 4.69) is 5.32 Å². The van der Waals surface area contributed by atoms with Crippen LogP contribution in [0.4, 0.5) is 0 Å². The van der Waals surface area contributed by atoms with Gasteiger partial charge in [-0.25, -0.2) is 0 Å². The van der Waals surface area contributed by atoms with Gasteiger partial charge in [-0.05, 0) is 25.7 Å². The molecule has 2 atom stereocenters. The molecule has 0 heterocycles. The Kier molecular flexibility index (Phi) is 5.12. The number of amides is 2. The Balaban J connectivity index is 2.51. The second-order valence-electron chi connectivity index (χ2n) is 4.65. The lowest BCUT2D eigenvalue weighted by Gasteiger charge is -2.21. The standard InChI is InChI=1S/C12H20N2O4/c1-3-18-9(15)6-7(2)10(11(13)16)14-12(17)8-4-5-8/h7-8,10H,3-6H2,1-2H3,(H2,13,16)(H,14,17)/t7-,10-/m1/s1. The minimum Gasteiger partial charge on any atom is -0.466 e. The molecule has 1 rings (SSSR count). The lowest BCUT2D eigenvalue weighted by molar-refractivity contribution is -0.145. The molecule has 6 nitrogen and oxygen atoms in total. The van der Waals surface area contributed by atoms with Crippen LogP contribution in [0, 0.1) is 11.8 Å². The van der Waals surface area contributed by atoms with Gasteiger partial charge in [-0.3, -0.25) is 14.4 Å². The Labute approximate surface area is 106 Å². The molecule has 0 aliphatic heterocycles. The number of esters is 1. The number of hydrogen-bond acceptors (Lipinski definition) is 4. The number of nitrogens with one attached hydrogen (secondary N) is 1. The first kappa shape index (κ1) is 14.5. The van der Waals surface area contributed by atoms with Crippen LogP contribution in [0.1, 0.15) is 33.1 Å². The summed E-state index contributed by atoms with van der Waals surface area (Å²) in [6, 6.07) is -0.817. The predicted octanol–water partition coefficient (Wildman–Crippen LogP) is -0.0442. The Hall–Kier alpha value is -1.59. The fourth-order valence-electron chi connectivity index (χ4n) is 1.71. The van der Waals surface area contributed by atoms with Crippen LogP contribution < -0.4 is 11.1 Å². The molecule has 102 valence electrons. The van der Waals surface area contributed by atoms with E-state index >= 15 is 0 Å². The lowest BCUT2D eigenvalue weighted by atomic mass is 9.97. The molecule has 0 radical (unpaired) electrons. The topological polar surface area (TPSA) is 98.5 Å². The second-order valence-corrected chi connectivity index (χ2v) is 4.65. The summed E-state index contributed by atoms with van der Waals surface area (Å²) in [6.07, 6.45) is 1.76. The van der Waals surface area contributed by atoms with Gasteiger partial charge in [-0.15, -0.1) is 0 Å². The zero-order valence-corrected chi connectivity index (χ0v) is 10.8. The molecule has 1 aliphatic carbocycles. The van der Waals surface area contributed by atoms with Crippen LogP contribution in [-0.2, 0) is 19.1 Å². The van der Waals surface area contributed by atoms with E-state index < -0.39 is 17.9 Å². The van der Waals surface area contributed by atoms with Gasteiger partial charge in [0.2, 0.25) is 11.8 Å². The summed E-state index contributed by atoms with van der Waals surface area (Å²) in [6.45, 7) is 3.70. The molecule has 0 spiro atoms. The fourth-order valence-corrected chi connectivity index (χ4v) is 1.71. The number of rotatable bonds is 7. The highest BCUT2D eigenvalue weighted by molar-refractivity contribution is 5.89. The number of primary amides is 1. The summed E-state index contributed by atoms with van der Waals surface area (Å²) >= 11 is 0. The maximum atomic E-state index is 11.6. The van der Waals surface area contributed by atoms with Crippen molar-refractivity contribution in [1.29, 1.82) is 0 Å². The minimum atomic E-state index is -0.817. The van der Waals surface area contributed by atoms with Crippen molar-refractivity contribution < 1.29 is 19.1 Å². The predicted molar refractivity (Wildman–Crippen MR) is 64.3 cm³/mol. The molecule has 0 aromatic rings. The molecule has 1 fully saturated rings. The number of hydrogen-bond donors (Lipinski definition) is 2. The molecule has 0 unspecified atom stereocenters. The van der Waals surface area contributed by atoms with Gasteiger partial charge in [-0.1, -0.05) is 6.92 Å². The summed E-state index contributed by atoms with van der Waals surface area (Å²) in [5, 5.41) is 2.60. The Morgan fingerprint density at radius 3 is 2.44 bits per heavy atom. The lowest BCUT2D eigenvalue weighted by Crippen LogP contribution is -2.49. The van der Waals surface area contributed by atoms with E-state index in [9.17, 15) is 14.4 Å². The molecular formula is C12H20N2O4.